The normalized spacial score (nSPS) is 24.8. The van der Waals surface area contributed by atoms with Crippen LogP contribution in [0.4, 0.5) is 0 Å². The molecule has 0 bridgehead atoms. The summed E-state index contributed by atoms with van der Waals surface area (Å²) in [6.07, 6.45) is -8.31. The van der Waals surface area contributed by atoms with Crippen molar-refractivity contribution in [3.63, 3.8) is 0 Å². The number of phenols is 3. The minimum atomic E-state index is -1.83. The molecular formula is C22H22O12. The number of methoxy groups -OCH3 is 1. The topological polar surface area (TPSA) is 200 Å². The average molecular weight is 478 g/mol. The number of phenolic OH excluding ortho intramolecular Hbond substituents is 3. The molecule has 0 radical (unpaired) electrons. The van der Waals surface area contributed by atoms with Crippen molar-refractivity contribution in [2.75, 3.05) is 13.7 Å². The first-order chi connectivity index (χ1) is 16.2. The van der Waals surface area contributed by atoms with Crippen LogP contribution in [0.3, 0.4) is 0 Å². The second-order valence-corrected chi connectivity index (χ2v) is 7.63. The largest absolute Gasteiger partial charge is 0.508 e. The lowest BCUT2D eigenvalue weighted by Crippen LogP contribution is -2.60. The van der Waals surface area contributed by atoms with Gasteiger partial charge < -0.3 is 54.4 Å². The molecule has 12 nitrogen and oxygen atoms in total. The van der Waals surface area contributed by atoms with Crippen LogP contribution in [0.2, 0.25) is 0 Å². The lowest BCUT2D eigenvalue weighted by atomic mass is 9.99. The van der Waals surface area contributed by atoms with Crippen molar-refractivity contribution in [2.45, 2.75) is 30.7 Å². The fourth-order valence-corrected chi connectivity index (χ4v) is 3.68. The number of rotatable bonds is 5. The molecule has 182 valence electrons. The van der Waals surface area contributed by atoms with E-state index in [1.807, 2.05) is 0 Å². The molecule has 7 N–H and O–H groups in total. The third-order valence-corrected chi connectivity index (χ3v) is 5.44. The second kappa shape index (κ2) is 9.00. The van der Waals surface area contributed by atoms with E-state index in [1.54, 1.807) is 0 Å². The maximum Gasteiger partial charge on any atom is 0.239 e. The highest BCUT2D eigenvalue weighted by molar-refractivity contribution is 5.88. The van der Waals surface area contributed by atoms with Crippen molar-refractivity contribution < 1.29 is 54.4 Å². The highest BCUT2D eigenvalue weighted by atomic mass is 16.7. The zero-order chi connectivity index (χ0) is 24.7. The summed E-state index contributed by atoms with van der Waals surface area (Å²) in [6.45, 7) is -0.726. The maximum atomic E-state index is 13.3. The first-order valence-corrected chi connectivity index (χ1v) is 10.0. The predicted molar refractivity (Wildman–Crippen MR) is 114 cm³/mol. The smallest absolute Gasteiger partial charge is 0.239 e. The number of fused-ring (bicyclic) bond motifs is 1. The first kappa shape index (κ1) is 23.6. The molecule has 0 saturated carbocycles. The Labute approximate surface area is 191 Å². The number of ether oxygens (including phenoxy) is 3. The molecule has 0 aliphatic carbocycles. The third kappa shape index (κ3) is 3.97. The van der Waals surface area contributed by atoms with Gasteiger partial charge in [0.05, 0.1) is 13.7 Å². The van der Waals surface area contributed by atoms with Gasteiger partial charge in [-0.15, -0.1) is 0 Å². The van der Waals surface area contributed by atoms with Gasteiger partial charge in [0.25, 0.3) is 0 Å². The number of hydrogen-bond acceptors (Lipinski definition) is 12. The highest BCUT2D eigenvalue weighted by Gasteiger charge is 2.45. The van der Waals surface area contributed by atoms with Gasteiger partial charge in [-0.25, -0.2) is 0 Å². The van der Waals surface area contributed by atoms with Crippen molar-refractivity contribution in [2.24, 2.45) is 0 Å². The number of benzene rings is 2. The maximum absolute atomic E-state index is 13.3. The van der Waals surface area contributed by atoms with E-state index < -0.39 is 54.2 Å². The molecule has 3 aromatic rings. The van der Waals surface area contributed by atoms with Crippen molar-refractivity contribution in [3.05, 3.63) is 40.6 Å². The predicted octanol–water partition coefficient (Wildman–Crippen LogP) is -0.236. The fraction of sp³-hybridized carbons (Fsp3) is 0.318. The minimum Gasteiger partial charge on any atom is -0.508 e. The molecule has 1 saturated heterocycles. The molecule has 0 spiro atoms. The third-order valence-electron chi connectivity index (χ3n) is 5.44. The van der Waals surface area contributed by atoms with Crippen LogP contribution in [-0.2, 0) is 4.74 Å². The van der Waals surface area contributed by atoms with Crippen LogP contribution in [0.25, 0.3) is 22.3 Å². The Bertz CT molecular complexity index is 1270. The van der Waals surface area contributed by atoms with Crippen LogP contribution < -0.4 is 14.9 Å². The Hall–Kier alpha value is -3.55. The van der Waals surface area contributed by atoms with E-state index >= 15 is 0 Å². The molecule has 1 aromatic heterocycles. The van der Waals surface area contributed by atoms with Gasteiger partial charge in [0.1, 0.15) is 46.9 Å². The number of hydrogen-bond donors (Lipinski definition) is 7. The number of aliphatic hydroxyl groups is 4. The summed E-state index contributed by atoms with van der Waals surface area (Å²) in [5, 5.41) is 69.7. The SMILES string of the molecule is COc1ccc(-c2oc3cc(O)cc(O)c3c(=O)c2O[C@@H]2O[C@H](CO)[C@H](O)C(O)C2O)cc1O. The summed E-state index contributed by atoms with van der Waals surface area (Å²) >= 11 is 0. The van der Waals surface area contributed by atoms with E-state index in [-0.39, 0.29) is 39.5 Å². The quantitative estimate of drug-likeness (QED) is 0.254. The number of aliphatic hydroxyl groups excluding tert-OH is 4. The van der Waals surface area contributed by atoms with Gasteiger partial charge in [0, 0.05) is 17.7 Å². The molecule has 2 unspecified atom stereocenters. The summed E-state index contributed by atoms with van der Waals surface area (Å²) in [4.78, 5) is 13.3. The van der Waals surface area contributed by atoms with Crippen LogP contribution in [0.15, 0.2) is 39.5 Å². The van der Waals surface area contributed by atoms with Crippen molar-refractivity contribution >= 4 is 11.0 Å². The monoisotopic (exact) mass is 478 g/mol. The second-order valence-electron chi connectivity index (χ2n) is 7.63. The van der Waals surface area contributed by atoms with Crippen LogP contribution in [-0.4, -0.2) is 80.2 Å². The van der Waals surface area contributed by atoms with Crippen molar-refractivity contribution in [1.29, 1.82) is 0 Å². The zero-order valence-electron chi connectivity index (χ0n) is 17.7. The van der Waals surface area contributed by atoms with Crippen molar-refractivity contribution in [1.82, 2.24) is 0 Å². The summed E-state index contributed by atoms with van der Waals surface area (Å²) in [5.41, 5.74) is -1.03. The van der Waals surface area contributed by atoms with Crippen LogP contribution in [0, 0.1) is 0 Å². The Morgan fingerprint density at radius 2 is 1.71 bits per heavy atom. The summed E-state index contributed by atoms with van der Waals surface area (Å²) in [5.74, 6) is -2.05. The lowest BCUT2D eigenvalue weighted by molar-refractivity contribution is -0.277. The molecule has 1 aliphatic heterocycles. The minimum absolute atomic E-state index is 0.111. The molecule has 2 aromatic carbocycles. The average Bonchev–Trinajstić information content (AvgIpc) is 2.80. The van der Waals surface area contributed by atoms with Gasteiger partial charge in [0.2, 0.25) is 17.5 Å². The fourth-order valence-electron chi connectivity index (χ4n) is 3.68. The summed E-state index contributed by atoms with van der Waals surface area (Å²) < 4.78 is 21.6. The highest BCUT2D eigenvalue weighted by Crippen LogP contribution is 2.39. The van der Waals surface area contributed by atoms with Gasteiger partial charge in [-0.05, 0) is 18.2 Å². The van der Waals surface area contributed by atoms with E-state index in [0.29, 0.717) is 0 Å². The molecule has 1 aliphatic rings. The molecule has 2 heterocycles. The zero-order valence-corrected chi connectivity index (χ0v) is 17.7. The van der Waals surface area contributed by atoms with Crippen LogP contribution >= 0.6 is 0 Å². The molecule has 12 heteroatoms. The molecule has 34 heavy (non-hydrogen) atoms. The number of aromatic hydroxyl groups is 3. The standard InChI is InChI=1S/C22H22O12/c1-31-12-3-2-8(4-10(12)25)20-21(17(28)15-11(26)5-9(24)6-13(15)32-20)34-22-19(30)18(29)16(27)14(7-23)33-22/h2-6,14,16,18-19,22-27,29-30H,7H2,1H3/t14-,16+,18?,19?,22+/m1/s1. The van der Waals surface area contributed by atoms with E-state index in [2.05, 4.69) is 0 Å². The summed E-state index contributed by atoms with van der Waals surface area (Å²) in [6, 6.07) is 6.00. The summed E-state index contributed by atoms with van der Waals surface area (Å²) in [7, 11) is 1.34. The van der Waals surface area contributed by atoms with Gasteiger partial charge in [-0.3, -0.25) is 4.79 Å². The molecular weight excluding hydrogens is 456 g/mol. The van der Waals surface area contributed by atoms with Crippen LogP contribution in [0.1, 0.15) is 0 Å². The molecule has 1 fully saturated rings. The Morgan fingerprint density at radius 3 is 2.35 bits per heavy atom. The van der Waals surface area contributed by atoms with E-state index in [1.165, 1.54) is 25.3 Å². The molecule has 4 rings (SSSR count). The van der Waals surface area contributed by atoms with E-state index in [0.717, 1.165) is 12.1 Å². The Morgan fingerprint density at radius 1 is 0.971 bits per heavy atom. The van der Waals surface area contributed by atoms with Gasteiger partial charge >= 0.3 is 0 Å². The van der Waals surface area contributed by atoms with Gasteiger partial charge in [-0.1, -0.05) is 0 Å². The lowest BCUT2D eigenvalue weighted by Gasteiger charge is -2.39. The van der Waals surface area contributed by atoms with Crippen LogP contribution in [0.5, 0.6) is 28.7 Å². The molecule has 5 atom stereocenters. The molecule has 0 amide bonds. The van der Waals surface area contributed by atoms with E-state index in [9.17, 15) is 40.5 Å². The Balaban J connectivity index is 1.90. The van der Waals surface area contributed by atoms with E-state index in [4.69, 9.17) is 18.6 Å². The first-order valence-electron chi connectivity index (χ1n) is 10.0. The Kier molecular flexibility index (Phi) is 6.25. The van der Waals surface area contributed by atoms with Crippen molar-refractivity contribution in [3.8, 4) is 40.1 Å². The van der Waals surface area contributed by atoms with Gasteiger partial charge in [0.15, 0.2) is 17.3 Å². The van der Waals surface area contributed by atoms with Gasteiger partial charge in [-0.2, -0.15) is 0 Å².